The summed E-state index contributed by atoms with van der Waals surface area (Å²) in [5.74, 6) is 0.463. The number of nitrogens with zero attached hydrogens (tertiary/aromatic N) is 1. The van der Waals surface area contributed by atoms with Crippen molar-refractivity contribution in [2.45, 2.75) is 32.2 Å². The molecule has 1 spiro atoms. The summed E-state index contributed by atoms with van der Waals surface area (Å²) >= 11 is 0. The highest BCUT2D eigenvalue weighted by atomic mass is 16.2. The van der Waals surface area contributed by atoms with Crippen LogP contribution in [0.1, 0.15) is 37.8 Å². The van der Waals surface area contributed by atoms with Crippen LogP contribution in [0.2, 0.25) is 0 Å². The van der Waals surface area contributed by atoms with Crippen LogP contribution in [0.5, 0.6) is 0 Å². The van der Waals surface area contributed by atoms with Crippen molar-refractivity contribution < 1.29 is 4.79 Å². The molecular weight excluding hydrogens is 238 g/mol. The standard InChI is InChI=1S/C15H21N3O/c1-11(12-2-6-16-7-3-12)18-14(19)13-10-15(13)4-8-17-9-5-15/h2-3,6-7,11,13,17H,4-5,8-10H2,1H3,(H,18,19)/t11-,13?/m0/s1. The van der Waals surface area contributed by atoms with Gasteiger partial charge in [0.15, 0.2) is 0 Å². The van der Waals surface area contributed by atoms with Crippen LogP contribution in [-0.2, 0) is 4.79 Å². The first kappa shape index (κ1) is 12.6. The van der Waals surface area contributed by atoms with Gasteiger partial charge in [0.05, 0.1) is 6.04 Å². The summed E-state index contributed by atoms with van der Waals surface area (Å²) in [6, 6.07) is 3.98. The van der Waals surface area contributed by atoms with E-state index in [1.165, 1.54) is 0 Å². The summed E-state index contributed by atoms with van der Waals surface area (Å²) in [4.78, 5) is 16.3. The molecule has 2 heterocycles. The van der Waals surface area contributed by atoms with Crippen molar-refractivity contribution in [3.05, 3.63) is 30.1 Å². The van der Waals surface area contributed by atoms with Gasteiger partial charge in [-0.25, -0.2) is 0 Å². The highest BCUT2D eigenvalue weighted by Crippen LogP contribution is 2.58. The normalized spacial score (nSPS) is 25.8. The van der Waals surface area contributed by atoms with E-state index < -0.39 is 0 Å². The fraction of sp³-hybridized carbons (Fsp3) is 0.600. The zero-order valence-electron chi connectivity index (χ0n) is 11.4. The molecule has 1 unspecified atom stereocenters. The lowest BCUT2D eigenvalue weighted by Gasteiger charge is -2.23. The van der Waals surface area contributed by atoms with Gasteiger partial charge < -0.3 is 10.6 Å². The van der Waals surface area contributed by atoms with Crippen LogP contribution < -0.4 is 10.6 Å². The van der Waals surface area contributed by atoms with E-state index in [1.807, 2.05) is 19.1 Å². The number of nitrogens with one attached hydrogen (secondary N) is 2. The molecule has 1 aliphatic carbocycles. The molecule has 4 heteroatoms. The predicted octanol–water partition coefficient (Wildman–Crippen LogP) is 1.65. The molecule has 1 aromatic rings. The zero-order valence-corrected chi connectivity index (χ0v) is 11.4. The smallest absolute Gasteiger partial charge is 0.224 e. The Balaban J connectivity index is 1.58. The summed E-state index contributed by atoms with van der Waals surface area (Å²) in [6.07, 6.45) is 6.90. The van der Waals surface area contributed by atoms with Gasteiger partial charge in [0.25, 0.3) is 0 Å². The van der Waals surface area contributed by atoms with Crippen molar-refractivity contribution in [2.75, 3.05) is 13.1 Å². The summed E-state index contributed by atoms with van der Waals surface area (Å²) in [5, 5.41) is 6.51. The molecule has 19 heavy (non-hydrogen) atoms. The van der Waals surface area contributed by atoms with Crippen LogP contribution in [0.15, 0.2) is 24.5 Å². The van der Waals surface area contributed by atoms with Crippen LogP contribution in [0.3, 0.4) is 0 Å². The third-order valence-electron chi connectivity index (χ3n) is 4.67. The number of aromatic nitrogens is 1. The second-order valence-electron chi connectivity index (χ2n) is 5.88. The van der Waals surface area contributed by atoms with Gasteiger partial charge in [-0.3, -0.25) is 9.78 Å². The number of rotatable bonds is 3. The first-order chi connectivity index (χ1) is 9.21. The van der Waals surface area contributed by atoms with Crippen molar-refractivity contribution in [3.8, 4) is 0 Å². The minimum atomic E-state index is 0.0647. The van der Waals surface area contributed by atoms with E-state index in [9.17, 15) is 4.79 Å². The lowest BCUT2D eigenvalue weighted by atomic mass is 9.91. The second-order valence-corrected chi connectivity index (χ2v) is 5.88. The van der Waals surface area contributed by atoms with E-state index in [1.54, 1.807) is 12.4 Å². The quantitative estimate of drug-likeness (QED) is 0.868. The Morgan fingerprint density at radius 1 is 1.42 bits per heavy atom. The number of hydrogen-bond acceptors (Lipinski definition) is 3. The second kappa shape index (κ2) is 4.93. The third kappa shape index (κ3) is 2.50. The van der Waals surface area contributed by atoms with Crippen LogP contribution in [0, 0.1) is 11.3 Å². The van der Waals surface area contributed by atoms with Crippen LogP contribution in [0.25, 0.3) is 0 Å². The van der Waals surface area contributed by atoms with Crippen molar-refractivity contribution in [1.29, 1.82) is 0 Å². The maximum Gasteiger partial charge on any atom is 0.224 e. The highest BCUT2D eigenvalue weighted by Gasteiger charge is 2.57. The molecule has 1 saturated heterocycles. The average molecular weight is 259 g/mol. The van der Waals surface area contributed by atoms with E-state index in [0.717, 1.165) is 37.9 Å². The minimum absolute atomic E-state index is 0.0647. The summed E-state index contributed by atoms with van der Waals surface area (Å²) in [6.45, 7) is 4.15. The number of carbonyl (C=O) groups is 1. The Hall–Kier alpha value is -1.42. The first-order valence-electron chi connectivity index (χ1n) is 7.12. The zero-order chi connectivity index (χ0) is 13.3. The molecule has 0 aromatic carbocycles. The van der Waals surface area contributed by atoms with Crippen molar-refractivity contribution in [1.82, 2.24) is 15.6 Å². The van der Waals surface area contributed by atoms with Gasteiger partial charge in [-0.2, -0.15) is 0 Å². The molecule has 1 saturated carbocycles. The van der Waals surface area contributed by atoms with Gasteiger partial charge in [0.1, 0.15) is 0 Å². The van der Waals surface area contributed by atoms with E-state index in [0.29, 0.717) is 5.41 Å². The average Bonchev–Trinajstić information content (AvgIpc) is 3.14. The van der Waals surface area contributed by atoms with Crippen molar-refractivity contribution in [2.24, 2.45) is 11.3 Å². The molecule has 1 aromatic heterocycles. The number of hydrogen-bond donors (Lipinski definition) is 2. The topological polar surface area (TPSA) is 54.0 Å². The molecule has 2 atom stereocenters. The van der Waals surface area contributed by atoms with Gasteiger partial charge in [0.2, 0.25) is 5.91 Å². The molecule has 0 bridgehead atoms. The number of piperidine rings is 1. The molecule has 4 nitrogen and oxygen atoms in total. The van der Waals surface area contributed by atoms with Gasteiger partial charge in [0, 0.05) is 18.3 Å². The molecule has 2 fully saturated rings. The Kier molecular flexibility index (Phi) is 3.27. The van der Waals surface area contributed by atoms with Crippen molar-refractivity contribution >= 4 is 5.91 Å². The van der Waals surface area contributed by atoms with Gasteiger partial charge in [-0.05, 0) is 62.4 Å². The molecule has 1 aliphatic heterocycles. The van der Waals surface area contributed by atoms with Crippen LogP contribution in [-0.4, -0.2) is 24.0 Å². The van der Waals surface area contributed by atoms with Crippen LogP contribution in [0.4, 0.5) is 0 Å². The lowest BCUT2D eigenvalue weighted by Crippen LogP contribution is -2.34. The van der Waals surface area contributed by atoms with E-state index in [-0.39, 0.29) is 17.9 Å². The SMILES string of the molecule is C[C@H](NC(=O)C1CC12CCNCC2)c1ccncc1. The van der Waals surface area contributed by atoms with E-state index >= 15 is 0 Å². The summed E-state index contributed by atoms with van der Waals surface area (Å²) in [5.41, 5.74) is 1.43. The number of amides is 1. The largest absolute Gasteiger partial charge is 0.349 e. The first-order valence-corrected chi connectivity index (χ1v) is 7.12. The Bertz CT molecular complexity index is 454. The Labute approximate surface area is 114 Å². The van der Waals surface area contributed by atoms with Gasteiger partial charge in [-0.1, -0.05) is 0 Å². The molecule has 3 rings (SSSR count). The molecular formula is C15H21N3O. The molecule has 0 radical (unpaired) electrons. The highest BCUT2D eigenvalue weighted by molar-refractivity contribution is 5.83. The summed E-state index contributed by atoms with van der Waals surface area (Å²) < 4.78 is 0. The summed E-state index contributed by atoms with van der Waals surface area (Å²) in [7, 11) is 0. The monoisotopic (exact) mass is 259 g/mol. The fourth-order valence-electron chi connectivity index (χ4n) is 3.25. The minimum Gasteiger partial charge on any atom is -0.349 e. The number of carbonyl (C=O) groups excluding carboxylic acids is 1. The Morgan fingerprint density at radius 3 is 2.79 bits per heavy atom. The number of pyridine rings is 1. The third-order valence-corrected chi connectivity index (χ3v) is 4.67. The van der Waals surface area contributed by atoms with E-state index in [2.05, 4.69) is 15.6 Å². The molecule has 2 aliphatic rings. The Morgan fingerprint density at radius 2 is 2.11 bits per heavy atom. The molecule has 2 N–H and O–H groups in total. The maximum atomic E-state index is 12.3. The lowest BCUT2D eigenvalue weighted by molar-refractivity contribution is -0.123. The van der Waals surface area contributed by atoms with E-state index in [4.69, 9.17) is 0 Å². The van der Waals surface area contributed by atoms with Gasteiger partial charge in [-0.15, -0.1) is 0 Å². The van der Waals surface area contributed by atoms with Crippen LogP contribution >= 0.6 is 0 Å². The van der Waals surface area contributed by atoms with Crippen molar-refractivity contribution in [3.63, 3.8) is 0 Å². The van der Waals surface area contributed by atoms with Gasteiger partial charge >= 0.3 is 0 Å². The predicted molar refractivity (Wildman–Crippen MR) is 73.4 cm³/mol. The molecule has 102 valence electrons. The maximum absolute atomic E-state index is 12.3. The molecule has 1 amide bonds. The fourth-order valence-corrected chi connectivity index (χ4v) is 3.25.